The largest absolute Gasteiger partial charge is 0.497 e. The van der Waals surface area contributed by atoms with Crippen molar-refractivity contribution in [2.45, 2.75) is 13.8 Å². The zero-order valence-corrected chi connectivity index (χ0v) is 19.2. The van der Waals surface area contributed by atoms with Gasteiger partial charge in [0.1, 0.15) is 10.8 Å². The minimum absolute atomic E-state index is 0.148. The first kappa shape index (κ1) is 23.3. The lowest BCUT2D eigenvalue weighted by molar-refractivity contribution is 0.0527. The molecule has 166 valence electrons. The van der Waals surface area contributed by atoms with Crippen molar-refractivity contribution in [1.82, 2.24) is 0 Å². The molecular weight excluding hydrogens is 452 g/mol. The molecule has 0 saturated carbocycles. The highest BCUT2D eigenvalue weighted by molar-refractivity contribution is 7.19. The van der Waals surface area contributed by atoms with Gasteiger partial charge < -0.3 is 20.1 Å². The molecule has 0 aliphatic heterocycles. The van der Waals surface area contributed by atoms with E-state index in [9.17, 15) is 14.4 Å². The van der Waals surface area contributed by atoms with Gasteiger partial charge in [0, 0.05) is 16.3 Å². The monoisotopic (exact) mass is 472 g/mol. The van der Waals surface area contributed by atoms with Crippen molar-refractivity contribution in [3.63, 3.8) is 0 Å². The number of hydrogen-bond donors (Lipinski definition) is 2. The van der Waals surface area contributed by atoms with E-state index in [1.165, 1.54) is 7.11 Å². The second kappa shape index (κ2) is 10.3. The average molecular weight is 473 g/mol. The van der Waals surface area contributed by atoms with Crippen molar-refractivity contribution in [3.05, 3.63) is 75.1 Å². The van der Waals surface area contributed by atoms with Crippen molar-refractivity contribution >= 4 is 51.4 Å². The number of amides is 2. The molecule has 0 radical (unpaired) electrons. The number of methoxy groups -OCH3 is 1. The molecule has 0 atom stereocenters. The molecule has 1 aromatic heterocycles. The quantitative estimate of drug-likeness (QED) is 0.449. The molecule has 0 fully saturated rings. The number of carbonyl (C=O) groups excluding carboxylic acids is 3. The highest BCUT2D eigenvalue weighted by atomic mass is 35.5. The van der Waals surface area contributed by atoms with Crippen LogP contribution in [0.2, 0.25) is 5.02 Å². The summed E-state index contributed by atoms with van der Waals surface area (Å²) in [6.45, 7) is 3.48. The minimum Gasteiger partial charge on any atom is -0.497 e. The maximum absolute atomic E-state index is 12.9. The highest BCUT2D eigenvalue weighted by Gasteiger charge is 2.27. The Morgan fingerprint density at radius 3 is 2.38 bits per heavy atom. The Kier molecular flexibility index (Phi) is 7.50. The molecule has 2 amide bonds. The molecule has 1 heterocycles. The van der Waals surface area contributed by atoms with E-state index < -0.39 is 17.8 Å². The third-order valence-electron chi connectivity index (χ3n) is 4.49. The zero-order valence-electron chi connectivity index (χ0n) is 17.7. The number of nitrogens with one attached hydrogen (secondary N) is 2. The summed E-state index contributed by atoms with van der Waals surface area (Å²) in [5.41, 5.74) is 1.45. The Balaban J connectivity index is 1.92. The maximum atomic E-state index is 12.9. The van der Waals surface area contributed by atoms with E-state index in [-0.39, 0.29) is 22.0 Å². The standard InChI is InChI=1S/C23H21ClN2O5S/c1-4-31-23(29)18-13(2)19(21(28)25-16-7-5-6-15(24)12-16)32-22(18)26-20(27)14-8-10-17(30-3)11-9-14/h5-12H,4H2,1-3H3,(H,25,28)(H,26,27). The molecule has 0 bridgehead atoms. The van der Waals surface area contributed by atoms with Crippen molar-refractivity contribution in [3.8, 4) is 5.75 Å². The van der Waals surface area contributed by atoms with E-state index in [4.69, 9.17) is 21.1 Å². The van der Waals surface area contributed by atoms with Crippen LogP contribution in [0.15, 0.2) is 48.5 Å². The number of hydrogen-bond acceptors (Lipinski definition) is 6. The number of ether oxygens (including phenoxy) is 2. The van der Waals surface area contributed by atoms with Gasteiger partial charge in [0.15, 0.2) is 0 Å². The number of benzene rings is 2. The molecule has 7 nitrogen and oxygen atoms in total. The lowest BCUT2D eigenvalue weighted by Gasteiger charge is -2.07. The van der Waals surface area contributed by atoms with Crippen LogP contribution in [-0.4, -0.2) is 31.5 Å². The predicted molar refractivity (Wildman–Crippen MR) is 125 cm³/mol. The molecule has 9 heteroatoms. The van der Waals surface area contributed by atoms with Crippen LogP contribution in [0.5, 0.6) is 5.75 Å². The van der Waals surface area contributed by atoms with E-state index >= 15 is 0 Å². The molecule has 32 heavy (non-hydrogen) atoms. The van der Waals surface area contributed by atoms with Gasteiger partial charge in [-0.1, -0.05) is 17.7 Å². The molecule has 3 aromatic rings. The van der Waals surface area contributed by atoms with Gasteiger partial charge in [0.2, 0.25) is 0 Å². The lowest BCUT2D eigenvalue weighted by Crippen LogP contribution is -2.15. The fourth-order valence-electron chi connectivity index (χ4n) is 2.94. The Bertz CT molecular complexity index is 1160. The summed E-state index contributed by atoms with van der Waals surface area (Å²) >= 11 is 6.98. The van der Waals surface area contributed by atoms with Gasteiger partial charge >= 0.3 is 5.97 Å². The van der Waals surface area contributed by atoms with E-state index in [1.807, 2.05) is 0 Å². The maximum Gasteiger partial charge on any atom is 0.341 e. The van der Waals surface area contributed by atoms with E-state index in [2.05, 4.69) is 10.6 Å². The number of anilines is 2. The molecule has 0 spiro atoms. The SMILES string of the molecule is CCOC(=O)c1c(NC(=O)c2ccc(OC)cc2)sc(C(=O)Nc2cccc(Cl)c2)c1C. The predicted octanol–water partition coefficient (Wildman–Crippen LogP) is 5.40. The summed E-state index contributed by atoms with van der Waals surface area (Å²) in [7, 11) is 1.53. The molecule has 0 aliphatic carbocycles. The summed E-state index contributed by atoms with van der Waals surface area (Å²) in [6.07, 6.45) is 0. The van der Waals surface area contributed by atoms with E-state index in [1.54, 1.807) is 62.4 Å². The Morgan fingerprint density at radius 2 is 1.75 bits per heavy atom. The first-order valence-electron chi connectivity index (χ1n) is 9.66. The first-order chi connectivity index (χ1) is 15.3. The number of halogens is 1. The van der Waals surface area contributed by atoms with Crippen molar-refractivity contribution < 1.29 is 23.9 Å². The number of thiophene rings is 1. The Hall–Kier alpha value is -3.36. The third-order valence-corrected chi connectivity index (χ3v) is 5.94. The topological polar surface area (TPSA) is 93.7 Å². The van der Waals surface area contributed by atoms with Crippen LogP contribution in [-0.2, 0) is 4.74 Å². The van der Waals surface area contributed by atoms with Crippen molar-refractivity contribution in [2.24, 2.45) is 0 Å². The van der Waals surface area contributed by atoms with Gasteiger partial charge in [0.05, 0.1) is 24.2 Å². The number of rotatable bonds is 7. The zero-order chi connectivity index (χ0) is 23.3. The molecule has 2 N–H and O–H groups in total. The summed E-state index contributed by atoms with van der Waals surface area (Å²) < 4.78 is 10.2. The fourth-order valence-corrected chi connectivity index (χ4v) is 4.21. The molecule has 0 aliphatic rings. The van der Waals surface area contributed by atoms with Crippen LogP contribution < -0.4 is 15.4 Å². The Morgan fingerprint density at radius 1 is 1.03 bits per heavy atom. The second-order valence-electron chi connectivity index (χ2n) is 6.63. The van der Waals surface area contributed by atoms with Gasteiger partial charge in [-0.3, -0.25) is 9.59 Å². The Labute approximate surface area is 194 Å². The molecule has 0 saturated heterocycles. The van der Waals surface area contributed by atoms with Gasteiger partial charge in [-0.15, -0.1) is 11.3 Å². The number of carbonyl (C=O) groups is 3. The van der Waals surface area contributed by atoms with Crippen LogP contribution in [0.4, 0.5) is 10.7 Å². The fraction of sp³-hybridized carbons (Fsp3) is 0.174. The van der Waals surface area contributed by atoms with Crippen molar-refractivity contribution in [2.75, 3.05) is 24.4 Å². The van der Waals surface area contributed by atoms with E-state index in [0.29, 0.717) is 27.6 Å². The minimum atomic E-state index is -0.618. The average Bonchev–Trinajstić information content (AvgIpc) is 3.09. The third kappa shape index (κ3) is 5.27. The molecule has 2 aromatic carbocycles. The van der Waals surface area contributed by atoms with Crippen LogP contribution in [0.1, 0.15) is 42.9 Å². The van der Waals surface area contributed by atoms with Gasteiger partial charge in [-0.25, -0.2) is 4.79 Å². The highest BCUT2D eigenvalue weighted by Crippen LogP contribution is 2.35. The van der Waals surface area contributed by atoms with Gasteiger partial charge in [0.25, 0.3) is 11.8 Å². The van der Waals surface area contributed by atoms with E-state index in [0.717, 1.165) is 11.3 Å². The molecular formula is C23H21ClN2O5S. The lowest BCUT2D eigenvalue weighted by atomic mass is 10.1. The molecule has 0 unspecified atom stereocenters. The van der Waals surface area contributed by atoms with Crippen LogP contribution in [0.25, 0.3) is 0 Å². The van der Waals surface area contributed by atoms with Crippen LogP contribution in [0.3, 0.4) is 0 Å². The summed E-state index contributed by atoms with van der Waals surface area (Å²) in [5, 5.41) is 6.20. The smallest absolute Gasteiger partial charge is 0.341 e. The second-order valence-corrected chi connectivity index (χ2v) is 8.08. The summed E-state index contributed by atoms with van der Waals surface area (Å²) in [4.78, 5) is 38.5. The number of esters is 1. The van der Waals surface area contributed by atoms with Gasteiger partial charge in [-0.05, 0) is 61.9 Å². The molecule has 3 rings (SSSR count). The van der Waals surface area contributed by atoms with Crippen LogP contribution >= 0.6 is 22.9 Å². The van der Waals surface area contributed by atoms with Crippen molar-refractivity contribution in [1.29, 1.82) is 0 Å². The summed E-state index contributed by atoms with van der Waals surface area (Å²) in [6, 6.07) is 13.2. The van der Waals surface area contributed by atoms with Crippen LogP contribution in [0, 0.1) is 6.92 Å². The first-order valence-corrected chi connectivity index (χ1v) is 10.9. The summed E-state index contributed by atoms with van der Waals surface area (Å²) in [5.74, 6) is -0.861. The normalized spacial score (nSPS) is 10.4. The van der Waals surface area contributed by atoms with Gasteiger partial charge in [-0.2, -0.15) is 0 Å².